The predicted molar refractivity (Wildman–Crippen MR) is 58.3 cm³/mol. The Bertz CT molecular complexity index is 267. The van der Waals surface area contributed by atoms with E-state index in [4.69, 9.17) is 0 Å². The van der Waals surface area contributed by atoms with Crippen LogP contribution in [0.1, 0.15) is 31.4 Å². The summed E-state index contributed by atoms with van der Waals surface area (Å²) in [4.78, 5) is 0. The summed E-state index contributed by atoms with van der Waals surface area (Å²) in [5.41, 5.74) is 1.06. The quantitative estimate of drug-likeness (QED) is 0.679. The average molecular weight is 209 g/mol. The normalized spacial score (nSPS) is 19.5. The Hall–Kier alpha value is -0.870. The second kappa shape index (κ2) is 5.28. The molecule has 1 aliphatic rings. The van der Waals surface area contributed by atoms with E-state index in [1.807, 2.05) is 6.07 Å². The SMILES string of the molecule is OC(CNCc1ccn[nH]1)C1CCCC1. The molecule has 0 spiro atoms. The first-order valence-corrected chi connectivity index (χ1v) is 5.73. The first kappa shape index (κ1) is 10.6. The maximum atomic E-state index is 9.89. The first-order valence-electron chi connectivity index (χ1n) is 5.73. The van der Waals surface area contributed by atoms with Crippen molar-refractivity contribution in [1.29, 1.82) is 0 Å². The number of nitrogens with one attached hydrogen (secondary N) is 2. The minimum Gasteiger partial charge on any atom is -0.392 e. The van der Waals surface area contributed by atoms with Gasteiger partial charge in [0.05, 0.1) is 6.10 Å². The highest BCUT2D eigenvalue weighted by atomic mass is 16.3. The molecule has 1 unspecified atom stereocenters. The first-order chi connectivity index (χ1) is 7.36. The monoisotopic (exact) mass is 209 g/mol. The van der Waals surface area contributed by atoms with Gasteiger partial charge in [0.2, 0.25) is 0 Å². The molecule has 1 aromatic rings. The zero-order valence-corrected chi connectivity index (χ0v) is 8.95. The van der Waals surface area contributed by atoms with Crippen LogP contribution in [0, 0.1) is 5.92 Å². The Morgan fingerprint density at radius 2 is 2.33 bits per heavy atom. The molecule has 0 aliphatic heterocycles. The largest absolute Gasteiger partial charge is 0.392 e. The Morgan fingerprint density at radius 3 is 3.00 bits per heavy atom. The van der Waals surface area contributed by atoms with Crippen molar-refractivity contribution >= 4 is 0 Å². The number of rotatable bonds is 5. The van der Waals surface area contributed by atoms with Crippen molar-refractivity contribution in [3.05, 3.63) is 18.0 Å². The predicted octanol–water partition coefficient (Wildman–Crippen LogP) is 1.05. The molecule has 15 heavy (non-hydrogen) atoms. The number of aromatic nitrogens is 2. The van der Waals surface area contributed by atoms with Gasteiger partial charge >= 0.3 is 0 Å². The zero-order chi connectivity index (χ0) is 10.5. The van der Waals surface area contributed by atoms with Gasteiger partial charge in [-0.05, 0) is 24.8 Å². The van der Waals surface area contributed by atoms with E-state index in [2.05, 4.69) is 15.5 Å². The molecule has 2 rings (SSSR count). The van der Waals surface area contributed by atoms with Crippen molar-refractivity contribution in [2.24, 2.45) is 5.92 Å². The lowest BCUT2D eigenvalue weighted by molar-refractivity contribution is 0.109. The standard InChI is InChI=1S/C11H19N3O/c15-11(9-3-1-2-4-9)8-12-7-10-5-6-13-14-10/h5-6,9,11-12,15H,1-4,7-8H2,(H,13,14). The molecule has 1 saturated carbocycles. The molecule has 3 N–H and O–H groups in total. The third kappa shape index (κ3) is 3.04. The molecular weight excluding hydrogens is 190 g/mol. The topological polar surface area (TPSA) is 60.9 Å². The van der Waals surface area contributed by atoms with Gasteiger partial charge in [0.25, 0.3) is 0 Å². The molecule has 0 radical (unpaired) electrons. The van der Waals surface area contributed by atoms with Crippen molar-refractivity contribution < 1.29 is 5.11 Å². The summed E-state index contributed by atoms with van der Waals surface area (Å²) in [6.45, 7) is 1.44. The summed E-state index contributed by atoms with van der Waals surface area (Å²) in [7, 11) is 0. The lowest BCUT2D eigenvalue weighted by atomic mass is 10.0. The fourth-order valence-electron chi connectivity index (χ4n) is 2.25. The van der Waals surface area contributed by atoms with Crippen LogP contribution in [0.25, 0.3) is 0 Å². The third-order valence-electron chi connectivity index (χ3n) is 3.17. The van der Waals surface area contributed by atoms with Crippen LogP contribution in [0.4, 0.5) is 0 Å². The van der Waals surface area contributed by atoms with Crippen LogP contribution >= 0.6 is 0 Å². The van der Waals surface area contributed by atoms with Crippen LogP contribution in [0.5, 0.6) is 0 Å². The lowest BCUT2D eigenvalue weighted by Gasteiger charge is -2.17. The number of aliphatic hydroxyl groups is 1. The minimum absolute atomic E-state index is 0.185. The van der Waals surface area contributed by atoms with Crippen molar-refractivity contribution in [3.8, 4) is 0 Å². The zero-order valence-electron chi connectivity index (χ0n) is 8.95. The highest BCUT2D eigenvalue weighted by molar-refractivity contribution is 4.96. The van der Waals surface area contributed by atoms with E-state index < -0.39 is 0 Å². The van der Waals surface area contributed by atoms with Crippen molar-refractivity contribution in [2.45, 2.75) is 38.3 Å². The fraction of sp³-hybridized carbons (Fsp3) is 0.727. The van der Waals surface area contributed by atoms with Crippen LogP contribution in [0.3, 0.4) is 0 Å². The maximum absolute atomic E-state index is 9.89. The Kier molecular flexibility index (Phi) is 3.75. The van der Waals surface area contributed by atoms with E-state index in [9.17, 15) is 5.11 Å². The molecule has 1 fully saturated rings. The Labute approximate surface area is 90.1 Å². The molecule has 1 aromatic heterocycles. The highest BCUT2D eigenvalue weighted by Crippen LogP contribution is 2.27. The molecule has 0 aromatic carbocycles. The van der Waals surface area contributed by atoms with Crippen LogP contribution in [0.15, 0.2) is 12.3 Å². The number of aromatic amines is 1. The molecule has 0 bridgehead atoms. The summed E-state index contributed by atoms with van der Waals surface area (Å²) < 4.78 is 0. The number of hydrogen-bond donors (Lipinski definition) is 3. The smallest absolute Gasteiger partial charge is 0.0692 e. The van der Waals surface area contributed by atoms with Gasteiger partial charge < -0.3 is 10.4 Å². The molecule has 0 amide bonds. The molecule has 1 aliphatic carbocycles. The number of nitrogens with zero attached hydrogens (tertiary/aromatic N) is 1. The maximum Gasteiger partial charge on any atom is 0.0692 e. The van der Waals surface area contributed by atoms with Crippen molar-refractivity contribution in [2.75, 3.05) is 6.54 Å². The second-order valence-corrected chi connectivity index (χ2v) is 4.32. The number of hydrogen-bond acceptors (Lipinski definition) is 3. The summed E-state index contributed by atoms with van der Waals surface area (Å²) >= 11 is 0. The van der Waals surface area contributed by atoms with Gasteiger partial charge in [-0.15, -0.1) is 0 Å². The lowest BCUT2D eigenvalue weighted by Crippen LogP contribution is -2.31. The molecule has 0 saturated heterocycles. The van der Waals surface area contributed by atoms with E-state index in [1.165, 1.54) is 25.7 Å². The molecule has 84 valence electrons. The summed E-state index contributed by atoms with van der Waals surface area (Å²) in [5.74, 6) is 0.513. The van der Waals surface area contributed by atoms with Crippen LogP contribution in [-0.2, 0) is 6.54 Å². The summed E-state index contributed by atoms with van der Waals surface area (Å²) in [6, 6.07) is 1.94. The number of H-pyrrole nitrogens is 1. The Morgan fingerprint density at radius 1 is 1.53 bits per heavy atom. The van der Waals surface area contributed by atoms with Crippen LogP contribution in [0.2, 0.25) is 0 Å². The second-order valence-electron chi connectivity index (χ2n) is 4.32. The summed E-state index contributed by atoms with van der Waals surface area (Å²) in [5, 5.41) is 19.9. The van der Waals surface area contributed by atoms with Crippen LogP contribution < -0.4 is 5.32 Å². The molecule has 1 heterocycles. The van der Waals surface area contributed by atoms with Gasteiger partial charge in [-0.1, -0.05) is 12.8 Å². The Balaban J connectivity index is 1.64. The van der Waals surface area contributed by atoms with Crippen molar-refractivity contribution in [1.82, 2.24) is 15.5 Å². The van der Waals surface area contributed by atoms with Gasteiger partial charge in [-0.2, -0.15) is 5.10 Å². The van der Waals surface area contributed by atoms with Gasteiger partial charge in [0.1, 0.15) is 0 Å². The van der Waals surface area contributed by atoms with E-state index >= 15 is 0 Å². The van der Waals surface area contributed by atoms with Crippen LogP contribution in [-0.4, -0.2) is 28.0 Å². The van der Waals surface area contributed by atoms with E-state index in [0.29, 0.717) is 12.5 Å². The van der Waals surface area contributed by atoms with Gasteiger partial charge in [-0.3, -0.25) is 5.10 Å². The molecule has 4 heteroatoms. The number of aliphatic hydroxyl groups excluding tert-OH is 1. The average Bonchev–Trinajstić information content (AvgIpc) is 2.90. The van der Waals surface area contributed by atoms with E-state index in [0.717, 1.165) is 12.2 Å². The van der Waals surface area contributed by atoms with Gasteiger partial charge in [0.15, 0.2) is 0 Å². The fourth-order valence-corrected chi connectivity index (χ4v) is 2.25. The summed E-state index contributed by atoms with van der Waals surface area (Å²) in [6.07, 6.45) is 6.49. The molecule has 4 nitrogen and oxygen atoms in total. The van der Waals surface area contributed by atoms with Crippen molar-refractivity contribution in [3.63, 3.8) is 0 Å². The molecular formula is C11H19N3O. The third-order valence-corrected chi connectivity index (χ3v) is 3.17. The van der Waals surface area contributed by atoms with E-state index in [-0.39, 0.29) is 6.10 Å². The van der Waals surface area contributed by atoms with Gasteiger partial charge in [-0.25, -0.2) is 0 Å². The minimum atomic E-state index is -0.185. The van der Waals surface area contributed by atoms with Gasteiger partial charge in [0, 0.05) is 25.0 Å². The van der Waals surface area contributed by atoms with E-state index in [1.54, 1.807) is 6.20 Å². The molecule has 1 atom stereocenters. The highest BCUT2D eigenvalue weighted by Gasteiger charge is 2.22.